The van der Waals surface area contributed by atoms with Gasteiger partial charge in [0.05, 0.1) is 11.6 Å². The molecule has 0 fully saturated rings. The van der Waals surface area contributed by atoms with Crippen LogP contribution in [0.2, 0.25) is 0 Å². The minimum Gasteiger partial charge on any atom is -0.481 e. The van der Waals surface area contributed by atoms with E-state index >= 15 is 0 Å². The third-order valence-electron chi connectivity index (χ3n) is 2.23. The average molecular weight is 215 g/mol. The molecule has 3 heteroatoms. The van der Waals surface area contributed by atoms with Gasteiger partial charge in [-0.15, -0.1) is 0 Å². The predicted molar refractivity (Wildman–Crippen MR) is 60.9 cm³/mol. The zero-order valence-corrected chi connectivity index (χ0v) is 8.94. The van der Waals surface area contributed by atoms with Crippen LogP contribution in [0.25, 0.3) is 0 Å². The summed E-state index contributed by atoms with van der Waals surface area (Å²) in [6, 6.07) is 9.28. The Labute approximate surface area is 94.6 Å². The van der Waals surface area contributed by atoms with Gasteiger partial charge in [-0.1, -0.05) is 24.3 Å². The van der Waals surface area contributed by atoms with E-state index in [2.05, 4.69) is 6.58 Å². The van der Waals surface area contributed by atoms with Gasteiger partial charge in [-0.25, -0.2) is 0 Å². The molecule has 0 aliphatic heterocycles. The number of hydrogen-bond donors (Lipinski definition) is 1. The lowest BCUT2D eigenvalue weighted by Gasteiger charge is -2.04. The van der Waals surface area contributed by atoms with E-state index in [-0.39, 0.29) is 6.42 Å². The number of allylic oxidation sites excluding steroid dienone is 1. The second-order valence-corrected chi connectivity index (χ2v) is 3.63. The van der Waals surface area contributed by atoms with Crippen LogP contribution in [0.15, 0.2) is 36.4 Å². The molecular formula is C13H13NO2. The molecule has 16 heavy (non-hydrogen) atoms. The van der Waals surface area contributed by atoms with Crippen molar-refractivity contribution in [1.82, 2.24) is 0 Å². The second-order valence-electron chi connectivity index (χ2n) is 3.63. The molecule has 0 saturated carbocycles. The third-order valence-corrected chi connectivity index (χ3v) is 2.23. The van der Waals surface area contributed by atoms with Gasteiger partial charge in [0.25, 0.3) is 0 Å². The molecular weight excluding hydrogens is 202 g/mol. The molecule has 1 N–H and O–H groups in total. The van der Waals surface area contributed by atoms with Gasteiger partial charge in [-0.3, -0.25) is 4.79 Å². The van der Waals surface area contributed by atoms with Crippen LogP contribution in [0.4, 0.5) is 0 Å². The zero-order valence-electron chi connectivity index (χ0n) is 8.94. The largest absolute Gasteiger partial charge is 0.481 e. The van der Waals surface area contributed by atoms with E-state index in [1.807, 2.05) is 18.2 Å². The van der Waals surface area contributed by atoms with E-state index < -0.39 is 5.97 Å². The highest BCUT2D eigenvalue weighted by Crippen LogP contribution is 2.12. The summed E-state index contributed by atoms with van der Waals surface area (Å²) < 4.78 is 0. The minimum absolute atomic E-state index is 0.120. The molecule has 0 spiro atoms. The van der Waals surface area contributed by atoms with Crippen molar-refractivity contribution in [3.63, 3.8) is 0 Å². The molecule has 0 atom stereocenters. The molecule has 0 amide bonds. The number of carbonyl (C=O) groups is 1. The second kappa shape index (κ2) is 5.72. The van der Waals surface area contributed by atoms with E-state index in [0.717, 1.165) is 11.1 Å². The highest BCUT2D eigenvalue weighted by Gasteiger charge is 2.01. The van der Waals surface area contributed by atoms with Gasteiger partial charge in [-0.2, -0.15) is 5.26 Å². The number of carboxylic acids is 1. The average Bonchev–Trinajstić information content (AvgIpc) is 2.27. The summed E-state index contributed by atoms with van der Waals surface area (Å²) in [5, 5.41) is 17.1. The summed E-state index contributed by atoms with van der Waals surface area (Å²) in [7, 11) is 0. The lowest BCUT2D eigenvalue weighted by atomic mass is 10.0. The molecule has 1 rings (SSSR count). The van der Waals surface area contributed by atoms with E-state index in [4.69, 9.17) is 10.4 Å². The molecule has 1 aromatic carbocycles. The van der Waals surface area contributed by atoms with Gasteiger partial charge in [0, 0.05) is 6.42 Å². The quantitative estimate of drug-likeness (QED) is 0.768. The molecule has 0 heterocycles. The van der Waals surface area contributed by atoms with Crippen molar-refractivity contribution in [3.05, 3.63) is 47.5 Å². The van der Waals surface area contributed by atoms with Crippen molar-refractivity contribution < 1.29 is 9.90 Å². The van der Waals surface area contributed by atoms with E-state index in [1.54, 1.807) is 12.1 Å². The first-order valence-corrected chi connectivity index (χ1v) is 4.99. The van der Waals surface area contributed by atoms with E-state index in [1.165, 1.54) is 0 Å². The third kappa shape index (κ3) is 3.97. The topological polar surface area (TPSA) is 61.1 Å². The van der Waals surface area contributed by atoms with Crippen LogP contribution in [-0.2, 0) is 11.2 Å². The van der Waals surface area contributed by atoms with E-state index in [0.29, 0.717) is 18.4 Å². The van der Waals surface area contributed by atoms with Crippen LogP contribution in [-0.4, -0.2) is 11.1 Å². The van der Waals surface area contributed by atoms with Crippen molar-refractivity contribution in [3.8, 4) is 6.07 Å². The fourth-order valence-corrected chi connectivity index (χ4v) is 1.36. The first-order valence-electron chi connectivity index (χ1n) is 4.99. The lowest BCUT2D eigenvalue weighted by Crippen LogP contribution is -1.97. The Balaban J connectivity index is 2.50. The minimum atomic E-state index is -0.805. The number of aliphatic carboxylic acids is 1. The molecule has 0 saturated heterocycles. The van der Waals surface area contributed by atoms with Gasteiger partial charge in [-0.05, 0) is 30.5 Å². The van der Waals surface area contributed by atoms with Crippen molar-refractivity contribution in [2.24, 2.45) is 0 Å². The van der Waals surface area contributed by atoms with Crippen LogP contribution in [0.5, 0.6) is 0 Å². The molecule has 0 aliphatic carbocycles. The Morgan fingerprint density at radius 1 is 1.31 bits per heavy atom. The van der Waals surface area contributed by atoms with Gasteiger partial charge < -0.3 is 5.11 Å². The Hall–Kier alpha value is -2.08. The maximum atomic E-state index is 10.4. The first-order chi connectivity index (χ1) is 7.61. The highest BCUT2D eigenvalue weighted by molar-refractivity contribution is 5.67. The summed E-state index contributed by atoms with van der Waals surface area (Å²) in [5.41, 5.74) is 2.57. The SMILES string of the molecule is C=C(CCC(=O)O)Cc1ccc(C#N)cc1. The number of carboxylic acid groups (broad SMARTS) is 1. The van der Waals surface area contributed by atoms with Gasteiger partial charge in [0.1, 0.15) is 0 Å². The maximum absolute atomic E-state index is 10.4. The van der Waals surface area contributed by atoms with Gasteiger partial charge >= 0.3 is 5.97 Å². The Morgan fingerprint density at radius 3 is 2.44 bits per heavy atom. The number of rotatable bonds is 5. The molecule has 0 unspecified atom stereocenters. The van der Waals surface area contributed by atoms with Crippen LogP contribution < -0.4 is 0 Å². The smallest absolute Gasteiger partial charge is 0.303 e. The number of benzene rings is 1. The van der Waals surface area contributed by atoms with Gasteiger partial charge in [0.15, 0.2) is 0 Å². The fraction of sp³-hybridized carbons (Fsp3) is 0.231. The predicted octanol–water partition coefficient (Wildman–Crippen LogP) is 2.52. The number of nitrogens with zero attached hydrogens (tertiary/aromatic N) is 1. The highest BCUT2D eigenvalue weighted by atomic mass is 16.4. The molecule has 3 nitrogen and oxygen atoms in total. The Morgan fingerprint density at radius 2 is 1.94 bits per heavy atom. The monoisotopic (exact) mass is 215 g/mol. The number of nitriles is 1. The lowest BCUT2D eigenvalue weighted by molar-refractivity contribution is -0.136. The van der Waals surface area contributed by atoms with Crippen LogP contribution >= 0.6 is 0 Å². The Bertz CT molecular complexity index is 426. The standard InChI is InChI=1S/C13H13NO2/c1-10(2-7-13(15)16)8-11-3-5-12(9-14)6-4-11/h3-6H,1-2,7-8H2,(H,15,16). The number of hydrogen-bond acceptors (Lipinski definition) is 2. The Kier molecular flexibility index (Phi) is 4.28. The van der Waals surface area contributed by atoms with Crippen LogP contribution in [0.3, 0.4) is 0 Å². The van der Waals surface area contributed by atoms with Crippen LogP contribution in [0.1, 0.15) is 24.0 Å². The summed E-state index contributed by atoms with van der Waals surface area (Å²) >= 11 is 0. The van der Waals surface area contributed by atoms with Crippen molar-refractivity contribution in [2.45, 2.75) is 19.3 Å². The maximum Gasteiger partial charge on any atom is 0.303 e. The molecule has 0 bridgehead atoms. The summed E-state index contributed by atoms with van der Waals surface area (Å²) in [5.74, 6) is -0.805. The molecule has 0 aliphatic rings. The fourth-order valence-electron chi connectivity index (χ4n) is 1.36. The summed E-state index contributed by atoms with van der Waals surface area (Å²) in [6.45, 7) is 3.84. The van der Waals surface area contributed by atoms with E-state index in [9.17, 15) is 4.79 Å². The van der Waals surface area contributed by atoms with Crippen molar-refractivity contribution in [2.75, 3.05) is 0 Å². The van der Waals surface area contributed by atoms with Gasteiger partial charge in [0.2, 0.25) is 0 Å². The summed E-state index contributed by atoms with van der Waals surface area (Å²) in [6.07, 6.45) is 1.28. The van der Waals surface area contributed by atoms with Crippen molar-refractivity contribution >= 4 is 5.97 Å². The first kappa shape index (κ1) is 12.0. The summed E-state index contributed by atoms with van der Waals surface area (Å²) in [4.78, 5) is 10.4. The molecule has 82 valence electrons. The zero-order chi connectivity index (χ0) is 12.0. The molecule has 0 radical (unpaired) electrons. The van der Waals surface area contributed by atoms with Crippen molar-refractivity contribution in [1.29, 1.82) is 5.26 Å². The normalized spacial score (nSPS) is 9.44. The molecule has 0 aromatic heterocycles. The van der Waals surface area contributed by atoms with Crippen LogP contribution in [0, 0.1) is 11.3 Å². The molecule has 1 aromatic rings.